The van der Waals surface area contributed by atoms with E-state index in [1.807, 2.05) is 47.8 Å². The predicted molar refractivity (Wildman–Crippen MR) is 127 cm³/mol. The monoisotopic (exact) mass is 527 g/mol. The number of hydrogen-bond donors (Lipinski definition) is 0. The number of benzene rings is 3. The molecule has 5 rings (SSSR count). The fraction of sp³-hybridized carbons (Fsp3) is 0.0833. The van der Waals surface area contributed by atoms with E-state index in [2.05, 4.69) is 26.0 Å². The summed E-state index contributed by atoms with van der Waals surface area (Å²) in [4.78, 5) is 4.84. The summed E-state index contributed by atoms with van der Waals surface area (Å²) in [5, 5.41) is 6.53. The fourth-order valence-electron chi connectivity index (χ4n) is 3.27. The van der Waals surface area contributed by atoms with E-state index in [0.29, 0.717) is 29.5 Å². The SMILES string of the molecule is Fc1ccc(N=c2scc(-c3cccc(Br)c3)n2N=Cc2ccc3c(c2)OCCO3)c(F)c1. The van der Waals surface area contributed by atoms with Crippen molar-refractivity contribution in [2.75, 3.05) is 13.2 Å². The lowest BCUT2D eigenvalue weighted by Gasteiger charge is -2.18. The zero-order chi connectivity index (χ0) is 22.8. The Hall–Kier alpha value is -3.30. The summed E-state index contributed by atoms with van der Waals surface area (Å²) in [5.74, 6) is -0.0448. The molecule has 33 heavy (non-hydrogen) atoms. The van der Waals surface area contributed by atoms with Crippen molar-refractivity contribution in [3.8, 4) is 22.8 Å². The minimum absolute atomic E-state index is 0.0299. The van der Waals surface area contributed by atoms with Crippen LogP contribution in [0.15, 0.2) is 80.6 Å². The van der Waals surface area contributed by atoms with Gasteiger partial charge in [0.25, 0.3) is 0 Å². The van der Waals surface area contributed by atoms with Gasteiger partial charge in [-0.15, -0.1) is 11.3 Å². The van der Waals surface area contributed by atoms with Gasteiger partial charge in [0.05, 0.1) is 11.9 Å². The van der Waals surface area contributed by atoms with Crippen molar-refractivity contribution in [2.45, 2.75) is 0 Å². The number of aromatic nitrogens is 1. The second-order valence-electron chi connectivity index (χ2n) is 7.08. The maximum absolute atomic E-state index is 14.3. The van der Waals surface area contributed by atoms with Crippen LogP contribution in [0.5, 0.6) is 11.5 Å². The minimum atomic E-state index is -0.741. The van der Waals surface area contributed by atoms with E-state index in [0.717, 1.165) is 27.4 Å². The normalized spacial score (nSPS) is 13.6. The van der Waals surface area contributed by atoms with Gasteiger partial charge in [0.2, 0.25) is 4.80 Å². The molecule has 0 N–H and O–H groups in total. The highest BCUT2D eigenvalue weighted by Crippen LogP contribution is 2.30. The van der Waals surface area contributed by atoms with Gasteiger partial charge in [-0.3, -0.25) is 0 Å². The van der Waals surface area contributed by atoms with E-state index in [4.69, 9.17) is 9.47 Å². The highest BCUT2D eigenvalue weighted by Gasteiger charge is 2.12. The molecular weight excluding hydrogens is 512 g/mol. The molecule has 0 spiro atoms. The lowest BCUT2D eigenvalue weighted by atomic mass is 10.2. The van der Waals surface area contributed by atoms with Gasteiger partial charge in [-0.25, -0.2) is 18.4 Å². The van der Waals surface area contributed by atoms with Gasteiger partial charge in [-0.1, -0.05) is 28.1 Å². The average molecular weight is 528 g/mol. The zero-order valence-electron chi connectivity index (χ0n) is 17.0. The molecule has 9 heteroatoms. The minimum Gasteiger partial charge on any atom is -0.486 e. The van der Waals surface area contributed by atoms with Crippen molar-refractivity contribution >= 4 is 39.2 Å². The van der Waals surface area contributed by atoms with Crippen LogP contribution in [0.3, 0.4) is 0 Å². The van der Waals surface area contributed by atoms with E-state index in [-0.39, 0.29) is 5.69 Å². The maximum Gasteiger partial charge on any atom is 0.211 e. The average Bonchev–Trinajstić information content (AvgIpc) is 3.22. The van der Waals surface area contributed by atoms with E-state index >= 15 is 0 Å². The first-order chi connectivity index (χ1) is 16.1. The Kier molecular flexibility index (Phi) is 6.06. The first kappa shape index (κ1) is 21.5. The summed E-state index contributed by atoms with van der Waals surface area (Å²) in [6.45, 7) is 1.01. The number of thiazole rings is 1. The van der Waals surface area contributed by atoms with Crippen LogP contribution in [0.4, 0.5) is 14.5 Å². The summed E-state index contributed by atoms with van der Waals surface area (Å²) in [6.07, 6.45) is 1.67. The van der Waals surface area contributed by atoms with Crippen molar-refractivity contribution in [1.29, 1.82) is 0 Å². The molecule has 0 unspecified atom stereocenters. The van der Waals surface area contributed by atoms with Gasteiger partial charge in [-0.05, 0) is 48.0 Å². The first-order valence-corrected chi connectivity index (χ1v) is 11.6. The van der Waals surface area contributed by atoms with Crippen LogP contribution in [0, 0.1) is 11.6 Å². The number of nitrogens with zero attached hydrogens (tertiary/aromatic N) is 3. The van der Waals surface area contributed by atoms with Gasteiger partial charge in [0.1, 0.15) is 24.7 Å². The van der Waals surface area contributed by atoms with Crippen LogP contribution < -0.4 is 14.3 Å². The Morgan fingerprint density at radius 3 is 2.64 bits per heavy atom. The summed E-state index contributed by atoms with van der Waals surface area (Å²) in [5.41, 5.74) is 2.51. The molecule has 5 nitrogen and oxygen atoms in total. The molecule has 0 bridgehead atoms. The zero-order valence-corrected chi connectivity index (χ0v) is 19.4. The lowest BCUT2D eigenvalue weighted by molar-refractivity contribution is 0.171. The van der Waals surface area contributed by atoms with Crippen molar-refractivity contribution in [3.05, 3.63) is 92.5 Å². The smallest absolute Gasteiger partial charge is 0.211 e. The number of hydrogen-bond acceptors (Lipinski definition) is 5. The van der Waals surface area contributed by atoms with Gasteiger partial charge < -0.3 is 9.47 Å². The van der Waals surface area contributed by atoms with Gasteiger partial charge in [0.15, 0.2) is 17.3 Å². The molecule has 2 heterocycles. The van der Waals surface area contributed by atoms with Crippen LogP contribution in [-0.2, 0) is 0 Å². The largest absolute Gasteiger partial charge is 0.486 e. The van der Waals surface area contributed by atoms with E-state index < -0.39 is 11.6 Å². The third kappa shape index (κ3) is 4.74. The molecule has 166 valence electrons. The quantitative estimate of drug-likeness (QED) is 0.299. The van der Waals surface area contributed by atoms with Crippen LogP contribution >= 0.6 is 27.3 Å². The van der Waals surface area contributed by atoms with Gasteiger partial charge in [-0.2, -0.15) is 5.10 Å². The summed E-state index contributed by atoms with van der Waals surface area (Å²) >= 11 is 4.80. The number of ether oxygens (including phenoxy) is 2. The Morgan fingerprint density at radius 1 is 0.970 bits per heavy atom. The Bertz CT molecular complexity index is 1430. The van der Waals surface area contributed by atoms with Crippen molar-refractivity contribution < 1.29 is 18.3 Å². The summed E-state index contributed by atoms with van der Waals surface area (Å²) in [6, 6.07) is 16.6. The molecule has 4 aromatic rings. The Balaban J connectivity index is 1.61. The number of halogens is 3. The molecule has 0 radical (unpaired) electrons. The Morgan fingerprint density at radius 2 is 1.82 bits per heavy atom. The van der Waals surface area contributed by atoms with Crippen molar-refractivity contribution in [3.63, 3.8) is 0 Å². The molecule has 0 aliphatic carbocycles. The molecule has 3 aromatic carbocycles. The van der Waals surface area contributed by atoms with Gasteiger partial charge in [0, 0.05) is 21.5 Å². The predicted octanol–water partition coefficient (Wildman–Crippen LogP) is 6.14. The highest BCUT2D eigenvalue weighted by atomic mass is 79.9. The lowest BCUT2D eigenvalue weighted by Crippen LogP contribution is -2.15. The number of rotatable bonds is 4. The van der Waals surface area contributed by atoms with Crippen LogP contribution in [-0.4, -0.2) is 24.1 Å². The molecule has 0 amide bonds. The molecule has 0 saturated heterocycles. The first-order valence-electron chi connectivity index (χ1n) is 9.97. The molecular formula is C24H16BrF2N3O2S. The Labute approximate surface area is 200 Å². The molecule has 1 aliphatic rings. The molecule has 0 atom stereocenters. The van der Waals surface area contributed by atoms with Crippen LogP contribution in [0.2, 0.25) is 0 Å². The summed E-state index contributed by atoms with van der Waals surface area (Å²) in [7, 11) is 0. The molecule has 0 fully saturated rings. The molecule has 1 aliphatic heterocycles. The highest BCUT2D eigenvalue weighted by molar-refractivity contribution is 9.10. The van der Waals surface area contributed by atoms with Crippen LogP contribution in [0.1, 0.15) is 5.56 Å². The van der Waals surface area contributed by atoms with Crippen LogP contribution in [0.25, 0.3) is 11.3 Å². The van der Waals surface area contributed by atoms with Crippen molar-refractivity contribution in [2.24, 2.45) is 10.1 Å². The third-order valence-electron chi connectivity index (χ3n) is 4.82. The number of fused-ring (bicyclic) bond motifs is 1. The third-order valence-corrected chi connectivity index (χ3v) is 6.13. The fourth-order valence-corrected chi connectivity index (χ4v) is 4.52. The van der Waals surface area contributed by atoms with Gasteiger partial charge >= 0.3 is 0 Å². The molecule has 0 saturated carbocycles. The maximum atomic E-state index is 14.3. The van der Waals surface area contributed by atoms with E-state index in [9.17, 15) is 8.78 Å². The van der Waals surface area contributed by atoms with E-state index in [1.165, 1.54) is 23.5 Å². The van der Waals surface area contributed by atoms with Crippen molar-refractivity contribution in [1.82, 2.24) is 4.68 Å². The second kappa shape index (κ2) is 9.29. The second-order valence-corrected chi connectivity index (χ2v) is 8.83. The molecule has 1 aromatic heterocycles. The van der Waals surface area contributed by atoms with E-state index in [1.54, 1.807) is 10.9 Å². The summed E-state index contributed by atoms with van der Waals surface area (Å²) < 4.78 is 41.3. The topological polar surface area (TPSA) is 48.1 Å². The standard InChI is InChI=1S/C24H16BrF2N3O2S/c25-17-3-1-2-16(11-17)21-14-33-24(29-20-6-5-18(26)12-19(20)27)30(21)28-13-15-4-7-22-23(10-15)32-9-8-31-22/h1-7,10-14H,8-9H2.